The van der Waals surface area contributed by atoms with Crippen molar-refractivity contribution in [3.05, 3.63) is 0 Å². The first-order valence-corrected chi connectivity index (χ1v) is 7.83. The van der Waals surface area contributed by atoms with Crippen LogP contribution in [0.1, 0.15) is 27.2 Å². The Labute approximate surface area is 83.0 Å². The van der Waals surface area contributed by atoms with Crippen molar-refractivity contribution in [3.63, 3.8) is 0 Å². The zero-order chi connectivity index (χ0) is 10.3. The summed E-state index contributed by atoms with van der Waals surface area (Å²) in [4.78, 5) is 0. The fraction of sp³-hybridized carbons (Fsp3) is 0.818. The van der Waals surface area contributed by atoms with E-state index in [1.807, 2.05) is 0 Å². The lowest BCUT2D eigenvalue weighted by atomic mass is 10.2. The summed E-state index contributed by atoms with van der Waals surface area (Å²) in [6.45, 7) is 11.3. The molecule has 0 saturated heterocycles. The summed E-state index contributed by atoms with van der Waals surface area (Å²) in [7, 11) is -1.56. The summed E-state index contributed by atoms with van der Waals surface area (Å²) in [6, 6.07) is 0. The van der Waals surface area contributed by atoms with Crippen LogP contribution in [-0.2, 0) is 4.43 Å². The zero-order valence-corrected chi connectivity index (χ0v) is 10.3. The molecule has 0 bridgehead atoms. The molecule has 0 aromatic rings. The standard InChI is InChI=1S/C11H20OSi/c1-7-9-8-10(9)12-13(5,6)11(2,3)4/h1,9-10H,8H2,2-6H3. The van der Waals surface area contributed by atoms with Gasteiger partial charge in [-0.2, -0.15) is 0 Å². The molecule has 1 aliphatic rings. The molecule has 0 heterocycles. The van der Waals surface area contributed by atoms with E-state index in [0.29, 0.717) is 17.1 Å². The summed E-state index contributed by atoms with van der Waals surface area (Å²) in [5.74, 6) is 3.16. The molecule has 0 aromatic carbocycles. The summed E-state index contributed by atoms with van der Waals surface area (Å²) in [5.41, 5.74) is 0. The number of rotatable bonds is 2. The van der Waals surface area contributed by atoms with E-state index in [0.717, 1.165) is 6.42 Å². The summed E-state index contributed by atoms with van der Waals surface area (Å²) in [6.07, 6.45) is 6.78. The number of hydrogen-bond acceptors (Lipinski definition) is 1. The van der Waals surface area contributed by atoms with Gasteiger partial charge in [-0.25, -0.2) is 0 Å². The first-order chi connectivity index (χ1) is 5.78. The quantitative estimate of drug-likeness (QED) is 0.487. The Kier molecular flexibility index (Phi) is 2.62. The highest BCUT2D eigenvalue weighted by Crippen LogP contribution is 2.43. The molecular formula is C11H20OSi. The van der Waals surface area contributed by atoms with Gasteiger partial charge in [0.05, 0.1) is 6.10 Å². The van der Waals surface area contributed by atoms with Crippen LogP contribution in [0.15, 0.2) is 0 Å². The predicted molar refractivity (Wildman–Crippen MR) is 59.0 cm³/mol. The molecule has 0 amide bonds. The minimum absolute atomic E-state index is 0.300. The predicted octanol–water partition coefficient (Wildman–Crippen LogP) is 3.03. The summed E-state index contributed by atoms with van der Waals surface area (Å²) < 4.78 is 6.11. The van der Waals surface area contributed by atoms with Gasteiger partial charge in [-0.3, -0.25) is 0 Å². The molecule has 1 rings (SSSR count). The van der Waals surface area contributed by atoms with Crippen molar-refractivity contribution in [2.45, 2.75) is 51.4 Å². The highest BCUT2D eigenvalue weighted by atomic mass is 28.4. The van der Waals surface area contributed by atoms with Crippen molar-refractivity contribution in [2.24, 2.45) is 5.92 Å². The topological polar surface area (TPSA) is 9.23 Å². The molecule has 0 N–H and O–H groups in total. The fourth-order valence-electron chi connectivity index (χ4n) is 1.03. The second-order valence-electron chi connectivity index (χ2n) is 5.43. The molecule has 74 valence electrons. The lowest BCUT2D eigenvalue weighted by Crippen LogP contribution is -2.41. The van der Waals surface area contributed by atoms with Crippen molar-refractivity contribution in [1.29, 1.82) is 0 Å². The molecular weight excluding hydrogens is 176 g/mol. The van der Waals surface area contributed by atoms with E-state index in [9.17, 15) is 0 Å². The lowest BCUT2D eigenvalue weighted by molar-refractivity contribution is 0.265. The van der Waals surface area contributed by atoms with Gasteiger partial charge < -0.3 is 4.43 Å². The Morgan fingerprint density at radius 3 is 2.23 bits per heavy atom. The van der Waals surface area contributed by atoms with Crippen molar-refractivity contribution >= 4 is 8.32 Å². The maximum atomic E-state index is 6.11. The summed E-state index contributed by atoms with van der Waals surface area (Å²) >= 11 is 0. The van der Waals surface area contributed by atoms with Crippen LogP contribution in [-0.4, -0.2) is 14.4 Å². The van der Waals surface area contributed by atoms with Gasteiger partial charge in [0.25, 0.3) is 0 Å². The third-order valence-corrected chi connectivity index (χ3v) is 7.70. The van der Waals surface area contributed by atoms with Gasteiger partial charge in [-0.05, 0) is 24.6 Å². The second kappa shape index (κ2) is 3.15. The monoisotopic (exact) mass is 196 g/mol. The first-order valence-electron chi connectivity index (χ1n) is 4.92. The smallest absolute Gasteiger partial charge is 0.192 e. The van der Waals surface area contributed by atoms with E-state index in [1.165, 1.54) is 0 Å². The van der Waals surface area contributed by atoms with E-state index in [1.54, 1.807) is 0 Å². The van der Waals surface area contributed by atoms with Crippen molar-refractivity contribution in [3.8, 4) is 12.3 Å². The highest BCUT2D eigenvalue weighted by molar-refractivity contribution is 6.74. The third kappa shape index (κ3) is 2.36. The molecule has 0 spiro atoms. The lowest BCUT2D eigenvalue weighted by Gasteiger charge is -2.36. The largest absolute Gasteiger partial charge is 0.413 e. The zero-order valence-electron chi connectivity index (χ0n) is 9.35. The minimum atomic E-state index is -1.56. The molecule has 2 atom stereocenters. The van der Waals surface area contributed by atoms with Gasteiger partial charge in [-0.1, -0.05) is 20.8 Å². The van der Waals surface area contributed by atoms with Gasteiger partial charge in [0.1, 0.15) is 0 Å². The first kappa shape index (κ1) is 10.8. The van der Waals surface area contributed by atoms with Crippen molar-refractivity contribution < 1.29 is 4.43 Å². The van der Waals surface area contributed by atoms with Crippen molar-refractivity contribution in [2.75, 3.05) is 0 Å². The van der Waals surface area contributed by atoms with Gasteiger partial charge in [-0.15, -0.1) is 12.3 Å². The molecule has 2 unspecified atom stereocenters. The molecule has 1 saturated carbocycles. The average Bonchev–Trinajstić information content (AvgIpc) is 2.63. The van der Waals surface area contributed by atoms with Crippen LogP contribution >= 0.6 is 0 Å². The van der Waals surface area contributed by atoms with Gasteiger partial charge in [0.15, 0.2) is 8.32 Å². The van der Waals surface area contributed by atoms with Crippen LogP contribution in [0, 0.1) is 18.3 Å². The molecule has 13 heavy (non-hydrogen) atoms. The molecule has 0 radical (unpaired) electrons. The van der Waals surface area contributed by atoms with Crippen LogP contribution in [0.4, 0.5) is 0 Å². The van der Waals surface area contributed by atoms with E-state index in [4.69, 9.17) is 10.8 Å². The Balaban J connectivity index is 2.50. The van der Waals surface area contributed by atoms with E-state index < -0.39 is 8.32 Å². The van der Waals surface area contributed by atoms with Crippen LogP contribution in [0.5, 0.6) is 0 Å². The van der Waals surface area contributed by atoms with Crippen LogP contribution < -0.4 is 0 Å². The Bertz CT molecular complexity index is 231. The molecule has 0 aromatic heterocycles. The van der Waals surface area contributed by atoms with E-state index in [2.05, 4.69) is 39.8 Å². The molecule has 2 heteroatoms. The second-order valence-corrected chi connectivity index (χ2v) is 10.2. The Hall–Kier alpha value is -0.263. The maximum Gasteiger partial charge on any atom is 0.192 e. The molecule has 1 nitrogen and oxygen atoms in total. The molecule has 0 aliphatic heterocycles. The average molecular weight is 196 g/mol. The SMILES string of the molecule is C#CC1CC1O[Si](C)(C)C(C)(C)C. The van der Waals surface area contributed by atoms with Gasteiger partial charge in [0.2, 0.25) is 0 Å². The Morgan fingerprint density at radius 2 is 1.92 bits per heavy atom. The normalized spacial score (nSPS) is 28.3. The number of terminal acetylenes is 1. The van der Waals surface area contributed by atoms with Crippen molar-refractivity contribution in [1.82, 2.24) is 0 Å². The van der Waals surface area contributed by atoms with Gasteiger partial charge in [0, 0.05) is 5.92 Å². The van der Waals surface area contributed by atoms with Gasteiger partial charge >= 0.3 is 0 Å². The highest BCUT2D eigenvalue weighted by Gasteiger charge is 2.46. The number of hydrogen-bond donors (Lipinski definition) is 0. The summed E-state index contributed by atoms with van der Waals surface area (Å²) in [5, 5.41) is 0.300. The third-order valence-electron chi connectivity index (χ3n) is 3.20. The van der Waals surface area contributed by atoms with Crippen LogP contribution in [0.25, 0.3) is 0 Å². The van der Waals surface area contributed by atoms with E-state index in [-0.39, 0.29) is 0 Å². The fourth-order valence-corrected chi connectivity index (χ4v) is 2.40. The minimum Gasteiger partial charge on any atom is -0.413 e. The Morgan fingerprint density at radius 1 is 1.38 bits per heavy atom. The molecule has 1 fully saturated rings. The van der Waals surface area contributed by atoms with Crippen LogP contribution in [0.2, 0.25) is 18.1 Å². The van der Waals surface area contributed by atoms with E-state index >= 15 is 0 Å². The maximum absolute atomic E-state index is 6.11. The van der Waals surface area contributed by atoms with Crippen LogP contribution in [0.3, 0.4) is 0 Å². The molecule has 1 aliphatic carbocycles.